The van der Waals surface area contributed by atoms with Crippen LogP contribution < -0.4 is 0 Å². The molecule has 1 heterocycles. The second-order valence-electron chi connectivity index (χ2n) is 6.73. The third kappa shape index (κ3) is 2.62. The fraction of sp³-hybridized carbons (Fsp3) is 0.647. The summed E-state index contributed by atoms with van der Waals surface area (Å²) in [4.78, 5) is 2.39. The van der Waals surface area contributed by atoms with Gasteiger partial charge in [0, 0.05) is 13.1 Å². The van der Waals surface area contributed by atoms with Crippen LogP contribution in [-0.4, -0.2) is 42.9 Å². The smallest absolute Gasteiger partial charge is 0.0744 e. The number of aliphatic hydroxyl groups excluding tert-OH is 1. The van der Waals surface area contributed by atoms with Crippen molar-refractivity contribution in [3.05, 3.63) is 35.4 Å². The Balaban J connectivity index is 2.49. The quantitative estimate of drug-likeness (QED) is 0.921. The summed E-state index contributed by atoms with van der Waals surface area (Å²) in [7, 11) is 0. The van der Waals surface area contributed by atoms with E-state index in [-0.39, 0.29) is 17.6 Å². The van der Waals surface area contributed by atoms with E-state index in [9.17, 15) is 5.11 Å². The summed E-state index contributed by atoms with van der Waals surface area (Å²) in [5, 5.41) is 10.3. The maximum Gasteiger partial charge on any atom is 0.0744 e. The minimum absolute atomic E-state index is 0.0612. The third-order valence-electron chi connectivity index (χ3n) is 4.55. The van der Waals surface area contributed by atoms with Crippen LogP contribution in [0.4, 0.5) is 0 Å². The monoisotopic (exact) mass is 277 g/mol. The number of benzene rings is 1. The molecule has 0 amide bonds. The molecule has 0 radical (unpaired) electrons. The first-order chi connectivity index (χ1) is 9.41. The largest absolute Gasteiger partial charge is 0.394 e. The van der Waals surface area contributed by atoms with Crippen LogP contribution in [0.25, 0.3) is 0 Å². The Bertz CT molecular complexity index is 429. The molecule has 0 aliphatic carbocycles. The summed E-state index contributed by atoms with van der Waals surface area (Å²) >= 11 is 0. The lowest BCUT2D eigenvalue weighted by atomic mass is 9.68. The molecule has 0 spiro atoms. The van der Waals surface area contributed by atoms with Crippen LogP contribution in [0.2, 0.25) is 0 Å². The molecule has 0 aromatic heterocycles. The Kier molecular flexibility index (Phi) is 4.52. The molecule has 1 aromatic rings. The Morgan fingerprint density at radius 3 is 2.10 bits per heavy atom. The number of hydrogen-bond acceptors (Lipinski definition) is 3. The van der Waals surface area contributed by atoms with E-state index in [4.69, 9.17) is 4.74 Å². The average molecular weight is 277 g/mol. The summed E-state index contributed by atoms with van der Waals surface area (Å²) in [6, 6.07) is 8.58. The number of ether oxygens (including phenoxy) is 1. The maximum atomic E-state index is 10.3. The summed E-state index contributed by atoms with van der Waals surface area (Å²) < 4.78 is 5.48. The average Bonchev–Trinajstić information content (AvgIpc) is 2.42. The molecule has 1 fully saturated rings. The van der Waals surface area contributed by atoms with Crippen molar-refractivity contribution < 1.29 is 9.84 Å². The van der Waals surface area contributed by atoms with Gasteiger partial charge in [0.15, 0.2) is 0 Å². The number of aryl methyl sites for hydroxylation is 1. The van der Waals surface area contributed by atoms with Gasteiger partial charge in [0.05, 0.1) is 25.4 Å². The van der Waals surface area contributed by atoms with E-state index in [0.717, 1.165) is 26.3 Å². The van der Waals surface area contributed by atoms with Gasteiger partial charge in [-0.3, -0.25) is 4.90 Å². The van der Waals surface area contributed by atoms with Gasteiger partial charge < -0.3 is 9.84 Å². The topological polar surface area (TPSA) is 32.7 Å². The second-order valence-corrected chi connectivity index (χ2v) is 6.73. The van der Waals surface area contributed by atoms with Crippen LogP contribution in [-0.2, 0) is 10.3 Å². The first kappa shape index (κ1) is 15.5. The first-order valence-electron chi connectivity index (χ1n) is 7.42. The third-order valence-corrected chi connectivity index (χ3v) is 4.55. The van der Waals surface area contributed by atoms with Gasteiger partial charge >= 0.3 is 0 Å². The standard InChI is InChI=1S/C17H27NO2/c1-14-5-7-15(8-6-14)17(13-19,16(2,3)4)18-9-11-20-12-10-18/h5-8,19H,9-13H2,1-4H3. The lowest BCUT2D eigenvalue weighted by Gasteiger charge is -2.53. The number of morpholine rings is 1. The highest BCUT2D eigenvalue weighted by Crippen LogP contribution is 2.44. The van der Waals surface area contributed by atoms with Gasteiger partial charge in [0.25, 0.3) is 0 Å². The molecule has 0 saturated carbocycles. The summed E-state index contributed by atoms with van der Waals surface area (Å²) in [6.45, 7) is 12.1. The van der Waals surface area contributed by atoms with Crippen molar-refractivity contribution in [3.63, 3.8) is 0 Å². The van der Waals surface area contributed by atoms with Crippen LogP contribution in [0, 0.1) is 12.3 Å². The minimum atomic E-state index is -0.357. The highest BCUT2D eigenvalue weighted by Gasteiger charge is 2.48. The highest BCUT2D eigenvalue weighted by molar-refractivity contribution is 5.31. The normalized spacial score (nSPS) is 20.6. The number of aliphatic hydroxyl groups is 1. The first-order valence-corrected chi connectivity index (χ1v) is 7.42. The van der Waals surface area contributed by atoms with Crippen LogP contribution >= 0.6 is 0 Å². The summed E-state index contributed by atoms with van der Waals surface area (Å²) in [5.74, 6) is 0. The molecule has 3 heteroatoms. The van der Waals surface area contributed by atoms with Gasteiger partial charge in [-0.25, -0.2) is 0 Å². The molecule has 1 unspecified atom stereocenters. The van der Waals surface area contributed by atoms with E-state index in [2.05, 4.69) is 56.9 Å². The lowest BCUT2D eigenvalue weighted by molar-refractivity contribution is -0.0975. The van der Waals surface area contributed by atoms with E-state index in [0.29, 0.717) is 0 Å². The molecule has 0 bridgehead atoms. The van der Waals surface area contributed by atoms with Crippen molar-refractivity contribution in [2.75, 3.05) is 32.9 Å². The highest BCUT2D eigenvalue weighted by atomic mass is 16.5. The van der Waals surface area contributed by atoms with Crippen LogP contribution in [0.15, 0.2) is 24.3 Å². The Labute approximate surface area is 122 Å². The van der Waals surface area contributed by atoms with E-state index in [1.54, 1.807) is 0 Å². The van der Waals surface area contributed by atoms with Crippen LogP contribution in [0.3, 0.4) is 0 Å². The van der Waals surface area contributed by atoms with E-state index < -0.39 is 0 Å². The zero-order chi connectivity index (χ0) is 14.8. The molecule has 1 saturated heterocycles. The molecular formula is C17H27NO2. The van der Waals surface area contributed by atoms with Crippen molar-refractivity contribution in [2.45, 2.75) is 33.2 Å². The molecule has 3 nitrogen and oxygen atoms in total. The van der Waals surface area contributed by atoms with E-state index in [1.165, 1.54) is 11.1 Å². The predicted molar refractivity (Wildman–Crippen MR) is 81.8 cm³/mol. The molecule has 1 aromatic carbocycles. The van der Waals surface area contributed by atoms with Crippen molar-refractivity contribution in [3.8, 4) is 0 Å². The van der Waals surface area contributed by atoms with Crippen molar-refractivity contribution in [2.24, 2.45) is 5.41 Å². The van der Waals surface area contributed by atoms with Crippen molar-refractivity contribution in [1.29, 1.82) is 0 Å². The lowest BCUT2D eigenvalue weighted by Crippen LogP contribution is -2.60. The fourth-order valence-corrected chi connectivity index (χ4v) is 3.29. The van der Waals surface area contributed by atoms with Gasteiger partial charge in [-0.1, -0.05) is 50.6 Å². The van der Waals surface area contributed by atoms with Gasteiger partial charge in [-0.15, -0.1) is 0 Å². The van der Waals surface area contributed by atoms with Gasteiger partial charge in [-0.2, -0.15) is 0 Å². The van der Waals surface area contributed by atoms with Gasteiger partial charge in [-0.05, 0) is 17.9 Å². The van der Waals surface area contributed by atoms with Gasteiger partial charge in [0.2, 0.25) is 0 Å². The Morgan fingerprint density at radius 2 is 1.65 bits per heavy atom. The number of hydrogen-bond donors (Lipinski definition) is 1. The Morgan fingerprint density at radius 1 is 1.10 bits per heavy atom. The second kappa shape index (κ2) is 5.84. The summed E-state index contributed by atoms with van der Waals surface area (Å²) in [6.07, 6.45) is 0. The molecule has 112 valence electrons. The molecular weight excluding hydrogens is 250 g/mol. The molecule has 1 aliphatic heterocycles. The van der Waals surface area contributed by atoms with Crippen LogP contribution in [0.5, 0.6) is 0 Å². The fourth-order valence-electron chi connectivity index (χ4n) is 3.29. The Hall–Kier alpha value is -0.900. The number of nitrogens with zero attached hydrogens (tertiary/aromatic N) is 1. The molecule has 20 heavy (non-hydrogen) atoms. The zero-order valence-electron chi connectivity index (χ0n) is 13.1. The number of rotatable bonds is 3. The zero-order valence-corrected chi connectivity index (χ0v) is 13.1. The SMILES string of the molecule is Cc1ccc(C(CO)(N2CCOCC2)C(C)(C)C)cc1. The molecule has 1 aliphatic rings. The molecule has 1 N–H and O–H groups in total. The van der Waals surface area contributed by atoms with E-state index in [1.807, 2.05) is 0 Å². The molecule has 2 rings (SSSR count). The molecule has 1 atom stereocenters. The predicted octanol–water partition coefficient (Wildman–Crippen LogP) is 2.56. The van der Waals surface area contributed by atoms with Crippen molar-refractivity contribution >= 4 is 0 Å². The van der Waals surface area contributed by atoms with E-state index >= 15 is 0 Å². The maximum absolute atomic E-state index is 10.3. The van der Waals surface area contributed by atoms with Crippen molar-refractivity contribution in [1.82, 2.24) is 4.90 Å². The minimum Gasteiger partial charge on any atom is -0.394 e. The van der Waals surface area contributed by atoms with Gasteiger partial charge in [0.1, 0.15) is 0 Å². The van der Waals surface area contributed by atoms with Crippen LogP contribution in [0.1, 0.15) is 31.9 Å². The summed E-state index contributed by atoms with van der Waals surface area (Å²) in [5.41, 5.74) is 2.02.